The monoisotopic (exact) mass is 567 g/mol. The number of carbonyl (C=O) groups excluding carboxylic acids is 2. The van der Waals surface area contributed by atoms with E-state index in [1.165, 1.54) is 5.01 Å². The Bertz CT molecular complexity index is 1200. The van der Waals surface area contributed by atoms with Gasteiger partial charge in [0.25, 0.3) is 5.91 Å². The fourth-order valence-electron chi connectivity index (χ4n) is 4.96. The predicted molar refractivity (Wildman–Crippen MR) is 156 cm³/mol. The van der Waals surface area contributed by atoms with Crippen LogP contribution in [-0.4, -0.2) is 106 Å². The molecule has 0 aromatic heterocycles. The molecule has 0 unspecified atom stereocenters. The third kappa shape index (κ3) is 7.68. The molecule has 0 bridgehead atoms. The number of nitrogens with one attached hydrogen (secondary N) is 1. The molecule has 4 rings (SSSR count). The van der Waals surface area contributed by atoms with Crippen LogP contribution >= 0.6 is 0 Å². The minimum atomic E-state index is -0.440. The second kappa shape index (κ2) is 14.7. The summed E-state index contributed by atoms with van der Waals surface area (Å²) in [7, 11) is 4.82. The van der Waals surface area contributed by atoms with Crippen LogP contribution in [0.4, 0.5) is 4.79 Å². The van der Waals surface area contributed by atoms with Crippen LogP contribution in [0.15, 0.2) is 47.6 Å². The molecule has 2 heterocycles. The van der Waals surface area contributed by atoms with Gasteiger partial charge in [-0.1, -0.05) is 6.92 Å². The lowest BCUT2D eigenvalue weighted by atomic mass is 9.97. The van der Waals surface area contributed by atoms with Gasteiger partial charge in [0, 0.05) is 44.7 Å². The Morgan fingerprint density at radius 1 is 1.02 bits per heavy atom. The summed E-state index contributed by atoms with van der Waals surface area (Å²) < 4.78 is 21.9. The summed E-state index contributed by atoms with van der Waals surface area (Å²) in [5, 5.41) is 9.22. The van der Waals surface area contributed by atoms with Crippen molar-refractivity contribution in [3.05, 3.63) is 53.6 Å². The molecule has 1 fully saturated rings. The van der Waals surface area contributed by atoms with Gasteiger partial charge in [0.15, 0.2) is 0 Å². The van der Waals surface area contributed by atoms with E-state index < -0.39 is 6.04 Å². The van der Waals surface area contributed by atoms with Crippen LogP contribution in [0.1, 0.15) is 36.9 Å². The summed E-state index contributed by atoms with van der Waals surface area (Å²) in [5.74, 6) is 1.74. The first-order valence-electron chi connectivity index (χ1n) is 14.1. The SMILES string of the molecule is CCCNC(=O)N(CCN1CCOCC1)CC(=O)N1N=C(c2ccc(OC)cc2)C[C@H]1c1cc(OC)ccc1OC. The number of nitrogens with zero attached hydrogens (tertiary/aromatic N) is 4. The molecule has 2 aliphatic heterocycles. The maximum Gasteiger partial charge on any atom is 0.317 e. The minimum absolute atomic E-state index is 0.109. The fourth-order valence-corrected chi connectivity index (χ4v) is 4.96. The molecule has 222 valence electrons. The van der Waals surface area contributed by atoms with Crippen LogP contribution in [-0.2, 0) is 9.53 Å². The highest BCUT2D eigenvalue weighted by atomic mass is 16.5. The maximum atomic E-state index is 14.0. The van der Waals surface area contributed by atoms with Gasteiger partial charge in [0.2, 0.25) is 0 Å². The molecule has 11 heteroatoms. The number of ether oxygens (including phenoxy) is 4. The Hall–Kier alpha value is -3.83. The Morgan fingerprint density at radius 2 is 1.73 bits per heavy atom. The second-order valence-electron chi connectivity index (χ2n) is 9.95. The molecule has 1 N–H and O–H groups in total. The molecule has 2 aliphatic rings. The summed E-state index contributed by atoms with van der Waals surface area (Å²) in [6.07, 6.45) is 1.27. The van der Waals surface area contributed by atoms with Gasteiger partial charge in [-0.3, -0.25) is 9.69 Å². The van der Waals surface area contributed by atoms with E-state index in [4.69, 9.17) is 24.0 Å². The first-order chi connectivity index (χ1) is 20.0. The molecule has 2 aromatic carbocycles. The van der Waals surface area contributed by atoms with Gasteiger partial charge in [-0.15, -0.1) is 0 Å². The molecule has 2 aromatic rings. The number of hydrogen-bond donors (Lipinski definition) is 1. The maximum absolute atomic E-state index is 14.0. The van der Waals surface area contributed by atoms with E-state index in [2.05, 4.69) is 10.2 Å². The van der Waals surface area contributed by atoms with E-state index in [9.17, 15) is 9.59 Å². The van der Waals surface area contributed by atoms with Gasteiger partial charge >= 0.3 is 6.03 Å². The topological polar surface area (TPSA) is 105 Å². The molecule has 0 aliphatic carbocycles. The Labute approximate surface area is 242 Å². The number of morpholine rings is 1. The zero-order valence-electron chi connectivity index (χ0n) is 24.4. The van der Waals surface area contributed by atoms with E-state index in [1.807, 2.05) is 49.4 Å². The Kier molecular flexibility index (Phi) is 10.8. The van der Waals surface area contributed by atoms with E-state index in [0.29, 0.717) is 50.8 Å². The molecule has 11 nitrogen and oxygen atoms in total. The average Bonchev–Trinajstić information content (AvgIpc) is 3.47. The Morgan fingerprint density at radius 3 is 2.39 bits per heavy atom. The van der Waals surface area contributed by atoms with Gasteiger partial charge in [0.05, 0.1) is 46.3 Å². The van der Waals surface area contributed by atoms with E-state index in [0.717, 1.165) is 42.1 Å². The highest BCUT2D eigenvalue weighted by Crippen LogP contribution is 2.39. The van der Waals surface area contributed by atoms with Crippen molar-refractivity contribution >= 4 is 17.6 Å². The van der Waals surface area contributed by atoms with Crippen molar-refractivity contribution in [2.45, 2.75) is 25.8 Å². The summed E-state index contributed by atoms with van der Waals surface area (Å²) in [6, 6.07) is 12.4. The van der Waals surface area contributed by atoms with Crippen molar-refractivity contribution in [2.75, 3.05) is 73.8 Å². The number of methoxy groups -OCH3 is 3. The van der Waals surface area contributed by atoms with Gasteiger partial charge in [-0.05, 0) is 54.4 Å². The van der Waals surface area contributed by atoms with Gasteiger partial charge < -0.3 is 29.2 Å². The van der Waals surface area contributed by atoms with Gasteiger partial charge in [0.1, 0.15) is 23.8 Å². The van der Waals surface area contributed by atoms with E-state index in [1.54, 1.807) is 26.2 Å². The summed E-state index contributed by atoms with van der Waals surface area (Å²) in [6.45, 7) is 6.44. The first kappa shape index (κ1) is 30.1. The number of hydrogen-bond acceptors (Lipinski definition) is 8. The number of amides is 3. The van der Waals surface area contributed by atoms with Crippen molar-refractivity contribution in [1.29, 1.82) is 0 Å². The smallest absolute Gasteiger partial charge is 0.317 e. The average molecular weight is 568 g/mol. The van der Waals surface area contributed by atoms with Crippen LogP contribution in [0.2, 0.25) is 0 Å². The van der Waals surface area contributed by atoms with Crippen LogP contribution in [0.5, 0.6) is 17.2 Å². The summed E-state index contributed by atoms with van der Waals surface area (Å²) in [5.41, 5.74) is 2.42. The molecule has 0 saturated carbocycles. The molecular formula is C30H41N5O6. The van der Waals surface area contributed by atoms with Crippen molar-refractivity contribution < 1.29 is 28.5 Å². The quantitative estimate of drug-likeness (QED) is 0.420. The lowest BCUT2D eigenvalue weighted by molar-refractivity contribution is -0.133. The van der Waals surface area contributed by atoms with Crippen LogP contribution < -0.4 is 19.5 Å². The van der Waals surface area contributed by atoms with Crippen molar-refractivity contribution in [2.24, 2.45) is 5.10 Å². The summed E-state index contributed by atoms with van der Waals surface area (Å²) in [4.78, 5) is 30.9. The zero-order valence-corrected chi connectivity index (χ0v) is 24.4. The normalized spacial score (nSPS) is 17.1. The molecule has 41 heavy (non-hydrogen) atoms. The molecule has 1 saturated heterocycles. The van der Waals surface area contributed by atoms with Crippen molar-refractivity contribution in [3.8, 4) is 17.2 Å². The van der Waals surface area contributed by atoms with Gasteiger partial charge in [-0.2, -0.15) is 5.10 Å². The third-order valence-corrected chi connectivity index (χ3v) is 7.31. The van der Waals surface area contributed by atoms with Crippen LogP contribution in [0.25, 0.3) is 0 Å². The summed E-state index contributed by atoms with van der Waals surface area (Å²) >= 11 is 0. The van der Waals surface area contributed by atoms with E-state index in [-0.39, 0.29) is 18.5 Å². The number of urea groups is 1. The van der Waals surface area contributed by atoms with Crippen molar-refractivity contribution in [3.63, 3.8) is 0 Å². The Balaban J connectivity index is 1.62. The molecule has 1 atom stereocenters. The van der Waals surface area contributed by atoms with Crippen LogP contribution in [0, 0.1) is 0 Å². The van der Waals surface area contributed by atoms with Gasteiger partial charge in [-0.25, -0.2) is 9.80 Å². The highest BCUT2D eigenvalue weighted by molar-refractivity contribution is 6.03. The predicted octanol–water partition coefficient (Wildman–Crippen LogP) is 3.14. The highest BCUT2D eigenvalue weighted by Gasteiger charge is 2.36. The third-order valence-electron chi connectivity index (χ3n) is 7.31. The molecule has 0 radical (unpaired) electrons. The standard InChI is InChI=1S/C30H41N5O6/c1-5-12-31-30(37)34(14-13-33-15-17-41-18-16-33)21-29(36)35-27(25-19-24(39-3)10-11-28(25)40-4)20-26(32-35)22-6-8-23(38-2)9-7-22/h6-11,19,27H,5,12-18,20-21H2,1-4H3,(H,31,37)/t27-/m0/s1. The second-order valence-corrected chi connectivity index (χ2v) is 9.95. The number of rotatable bonds is 12. The molecule has 0 spiro atoms. The lowest BCUT2D eigenvalue weighted by Crippen LogP contribution is -2.49. The number of carbonyl (C=O) groups is 2. The van der Waals surface area contributed by atoms with Crippen LogP contribution in [0.3, 0.4) is 0 Å². The molecule has 3 amide bonds. The number of hydrazone groups is 1. The lowest BCUT2D eigenvalue weighted by Gasteiger charge is -2.31. The fraction of sp³-hybridized carbons (Fsp3) is 0.500. The van der Waals surface area contributed by atoms with E-state index >= 15 is 0 Å². The minimum Gasteiger partial charge on any atom is -0.497 e. The van der Waals surface area contributed by atoms with Crippen molar-refractivity contribution in [1.82, 2.24) is 20.1 Å². The number of benzene rings is 2. The first-order valence-corrected chi connectivity index (χ1v) is 14.1. The molecular weight excluding hydrogens is 526 g/mol. The largest absolute Gasteiger partial charge is 0.497 e. The zero-order chi connectivity index (χ0) is 29.2.